The Kier molecular flexibility index (Phi) is 8.90. The van der Waals surface area contributed by atoms with Crippen LogP contribution in [-0.2, 0) is 50.5 Å². The lowest BCUT2D eigenvalue weighted by Gasteiger charge is -2.40. The van der Waals surface area contributed by atoms with Crippen LogP contribution in [0.5, 0.6) is 0 Å². The molecule has 3 N–H and O–H groups in total. The third-order valence-electron chi connectivity index (χ3n) is 10.9. The molecule has 4 heterocycles. The van der Waals surface area contributed by atoms with Crippen LogP contribution in [0.1, 0.15) is 81.2 Å². The summed E-state index contributed by atoms with van der Waals surface area (Å²) in [5.41, 5.74) is 3.41. The number of benzene rings is 2. The van der Waals surface area contributed by atoms with Crippen LogP contribution in [0.2, 0.25) is 0 Å². The van der Waals surface area contributed by atoms with E-state index in [4.69, 9.17) is 4.74 Å². The number of aromatic nitrogens is 1. The van der Waals surface area contributed by atoms with Crippen molar-refractivity contribution in [1.82, 2.24) is 20.1 Å². The number of hydrogen-bond acceptors (Lipinski definition) is 7. The zero-order valence-electron chi connectivity index (χ0n) is 30.2. The van der Waals surface area contributed by atoms with Crippen LogP contribution in [0.15, 0.2) is 60.8 Å². The molecule has 2 bridgehead atoms. The monoisotopic (exact) mass is 692 g/mol. The second-order valence-corrected chi connectivity index (χ2v) is 16.2. The standard InChI is InChI=1S/C40H48N6O5/c1-38(2,3)51-37(50)45(5)22-26-9-6-7-10-27(26)23-46(36(49)39(4)20-30-14-15-31(21-39)42-30)24-33(47)43-29-13-12-25-18-40(19-28(25)17-29)32-11-8-16-41-34(32)44-35(40)48/h6-13,16-17,30-31,42H,14-15,18-24H2,1-5H3,(H,43,47)(H,41,44,48)/t30?,31?,39?,40-/m1/s1. The van der Waals surface area contributed by atoms with E-state index in [9.17, 15) is 19.2 Å². The molecule has 4 aliphatic rings. The van der Waals surface area contributed by atoms with Crippen LogP contribution in [-0.4, -0.2) is 69.9 Å². The van der Waals surface area contributed by atoms with Gasteiger partial charge in [0.05, 0.1) is 5.41 Å². The van der Waals surface area contributed by atoms with Crippen molar-refractivity contribution >= 4 is 35.3 Å². The van der Waals surface area contributed by atoms with Crippen LogP contribution < -0.4 is 16.0 Å². The summed E-state index contributed by atoms with van der Waals surface area (Å²) in [4.78, 5) is 62.0. The van der Waals surface area contributed by atoms with Gasteiger partial charge in [0.15, 0.2) is 0 Å². The molecule has 11 nitrogen and oxygen atoms in total. The largest absolute Gasteiger partial charge is 0.444 e. The lowest BCUT2D eigenvalue weighted by Crippen LogP contribution is -2.52. The second kappa shape index (κ2) is 13.1. The minimum absolute atomic E-state index is 0.0400. The van der Waals surface area contributed by atoms with Crippen LogP contribution in [0.25, 0.3) is 0 Å². The molecule has 1 aliphatic carbocycles. The van der Waals surface area contributed by atoms with Gasteiger partial charge in [-0.3, -0.25) is 14.4 Å². The molecule has 2 aromatic carbocycles. The molecule has 3 aromatic rings. The number of carbonyl (C=O) groups excluding carboxylic acids is 4. The van der Waals surface area contributed by atoms with E-state index in [1.54, 1.807) is 18.1 Å². The van der Waals surface area contributed by atoms with E-state index in [0.29, 0.717) is 43.0 Å². The molecule has 3 aliphatic heterocycles. The Labute approximate surface area is 299 Å². The Morgan fingerprint density at radius 2 is 1.65 bits per heavy atom. The molecule has 1 aromatic heterocycles. The van der Waals surface area contributed by atoms with E-state index in [0.717, 1.165) is 53.5 Å². The van der Waals surface area contributed by atoms with Gasteiger partial charge < -0.3 is 30.5 Å². The highest BCUT2D eigenvalue weighted by molar-refractivity contribution is 6.06. The zero-order valence-corrected chi connectivity index (χ0v) is 30.2. The molecule has 0 radical (unpaired) electrons. The number of ether oxygens (including phenoxy) is 1. The van der Waals surface area contributed by atoms with E-state index >= 15 is 0 Å². The van der Waals surface area contributed by atoms with E-state index in [1.165, 1.54) is 4.90 Å². The van der Waals surface area contributed by atoms with Crippen LogP contribution in [0.4, 0.5) is 16.3 Å². The highest BCUT2D eigenvalue weighted by atomic mass is 16.6. The van der Waals surface area contributed by atoms with Crippen molar-refractivity contribution in [3.63, 3.8) is 0 Å². The number of nitrogens with one attached hydrogen (secondary N) is 3. The lowest BCUT2D eigenvalue weighted by atomic mass is 9.76. The minimum Gasteiger partial charge on any atom is -0.444 e. The van der Waals surface area contributed by atoms with Gasteiger partial charge in [-0.25, -0.2) is 9.78 Å². The van der Waals surface area contributed by atoms with Gasteiger partial charge in [0, 0.05) is 55.1 Å². The van der Waals surface area contributed by atoms with Gasteiger partial charge in [-0.15, -0.1) is 0 Å². The van der Waals surface area contributed by atoms with Crippen LogP contribution in [0.3, 0.4) is 0 Å². The first-order valence-corrected chi connectivity index (χ1v) is 18.0. The summed E-state index contributed by atoms with van der Waals surface area (Å²) < 4.78 is 5.58. The first-order chi connectivity index (χ1) is 24.2. The summed E-state index contributed by atoms with van der Waals surface area (Å²) in [5, 5.41) is 9.64. The number of hydrogen-bond donors (Lipinski definition) is 3. The predicted molar refractivity (Wildman–Crippen MR) is 194 cm³/mol. The molecule has 2 fully saturated rings. The molecule has 51 heavy (non-hydrogen) atoms. The molecule has 3 atom stereocenters. The molecule has 11 heteroatoms. The highest BCUT2D eigenvalue weighted by Crippen LogP contribution is 2.47. The number of piperidine rings is 1. The third-order valence-corrected chi connectivity index (χ3v) is 10.9. The number of carbonyl (C=O) groups is 4. The summed E-state index contributed by atoms with van der Waals surface area (Å²) >= 11 is 0. The van der Waals surface area contributed by atoms with Gasteiger partial charge in [-0.05, 0) is 99.7 Å². The molecule has 2 saturated heterocycles. The Hall–Kier alpha value is -4.77. The topological polar surface area (TPSA) is 133 Å². The van der Waals surface area contributed by atoms with Gasteiger partial charge in [-0.1, -0.05) is 43.3 Å². The number of pyridine rings is 1. The predicted octanol–water partition coefficient (Wildman–Crippen LogP) is 5.33. The fraction of sp³-hybridized carbons (Fsp3) is 0.475. The van der Waals surface area contributed by atoms with Crippen LogP contribution in [0, 0.1) is 5.41 Å². The van der Waals surface area contributed by atoms with Crippen molar-refractivity contribution < 1.29 is 23.9 Å². The fourth-order valence-electron chi connectivity index (χ4n) is 8.60. The first-order valence-electron chi connectivity index (χ1n) is 18.0. The van der Waals surface area contributed by atoms with Gasteiger partial charge in [0.1, 0.15) is 18.0 Å². The molecule has 1 spiro atoms. The Bertz CT molecular complexity index is 1870. The molecule has 0 saturated carbocycles. The van der Waals surface area contributed by atoms with Gasteiger partial charge >= 0.3 is 6.09 Å². The van der Waals surface area contributed by atoms with E-state index in [2.05, 4.69) is 20.9 Å². The SMILES string of the molecule is CN(Cc1ccccc1CN(CC(=O)Nc1ccc2c(c1)C[C@@]1(C2)C(=O)Nc2ncccc21)C(=O)C1(C)CC2CCC(C1)N2)C(=O)OC(C)(C)C. The van der Waals surface area contributed by atoms with Crippen LogP contribution >= 0.6 is 0 Å². The van der Waals surface area contributed by atoms with Gasteiger partial charge in [-0.2, -0.15) is 0 Å². The Balaban J connectivity index is 1.10. The highest BCUT2D eigenvalue weighted by Gasteiger charge is 2.51. The number of amides is 4. The normalized spacial score (nSPS) is 24.5. The second-order valence-electron chi connectivity index (χ2n) is 16.2. The maximum absolute atomic E-state index is 14.5. The summed E-state index contributed by atoms with van der Waals surface area (Å²) in [5.74, 6) is 0.224. The van der Waals surface area contributed by atoms with Crippen molar-refractivity contribution in [3.8, 4) is 0 Å². The first kappa shape index (κ1) is 34.7. The average Bonchev–Trinajstić information content (AvgIpc) is 3.72. The van der Waals surface area contributed by atoms with Crippen molar-refractivity contribution in [3.05, 3.63) is 88.6 Å². The van der Waals surface area contributed by atoms with Crippen molar-refractivity contribution in [2.45, 2.75) is 102 Å². The lowest BCUT2D eigenvalue weighted by molar-refractivity contribution is -0.146. The maximum Gasteiger partial charge on any atom is 0.410 e. The fourth-order valence-corrected chi connectivity index (χ4v) is 8.60. The smallest absolute Gasteiger partial charge is 0.410 e. The molecule has 2 unspecified atom stereocenters. The molecule has 268 valence electrons. The molecule has 4 amide bonds. The Morgan fingerprint density at radius 3 is 2.35 bits per heavy atom. The van der Waals surface area contributed by atoms with E-state index in [1.807, 2.05) is 82.3 Å². The number of fused-ring (bicyclic) bond motifs is 5. The summed E-state index contributed by atoms with van der Waals surface area (Å²) in [6.07, 6.45) is 5.89. The van der Waals surface area contributed by atoms with Gasteiger partial charge in [0.2, 0.25) is 17.7 Å². The number of rotatable bonds is 8. The van der Waals surface area contributed by atoms with E-state index < -0.39 is 22.5 Å². The van der Waals surface area contributed by atoms with Crippen molar-refractivity contribution in [1.29, 1.82) is 0 Å². The van der Waals surface area contributed by atoms with Gasteiger partial charge in [0.25, 0.3) is 0 Å². The summed E-state index contributed by atoms with van der Waals surface area (Å²) in [6.45, 7) is 7.92. The summed E-state index contributed by atoms with van der Waals surface area (Å²) in [7, 11) is 1.69. The Morgan fingerprint density at radius 1 is 0.961 bits per heavy atom. The third kappa shape index (κ3) is 6.96. The summed E-state index contributed by atoms with van der Waals surface area (Å²) in [6, 6.07) is 17.9. The number of nitrogens with zero attached hydrogens (tertiary/aromatic N) is 3. The van der Waals surface area contributed by atoms with E-state index in [-0.39, 0.29) is 30.8 Å². The quantitative estimate of drug-likeness (QED) is 0.291. The molecular formula is C40H48N6O5. The molecular weight excluding hydrogens is 644 g/mol. The number of anilines is 2. The maximum atomic E-state index is 14.5. The van der Waals surface area contributed by atoms with Crippen molar-refractivity contribution in [2.24, 2.45) is 5.41 Å². The zero-order chi connectivity index (χ0) is 36.1. The minimum atomic E-state index is -0.702. The van der Waals surface area contributed by atoms with Crippen molar-refractivity contribution in [2.75, 3.05) is 24.2 Å². The average molecular weight is 693 g/mol. The molecule has 7 rings (SSSR count).